The molecular formula is C19H16N2O6. The number of fused-ring (bicyclic) bond motifs is 1. The number of nitrogens with zero attached hydrogens (tertiary/aromatic N) is 2. The summed E-state index contributed by atoms with van der Waals surface area (Å²) in [5.74, 6) is -1.29. The molecule has 8 nitrogen and oxygen atoms in total. The molecule has 0 saturated carbocycles. The fourth-order valence-corrected chi connectivity index (χ4v) is 2.87. The maximum atomic E-state index is 12.2. The maximum Gasteiger partial charge on any atom is 0.306 e. The maximum absolute atomic E-state index is 12.2. The fourth-order valence-electron chi connectivity index (χ4n) is 2.87. The Morgan fingerprint density at radius 3 is 2.22 bits per heavy atom. The standard InChI is InChI=1S/C19H16N2O6/c22-17(27-12-13-6-1-4-9-16(13)21(25)26)10-5-11-20-18(23)14-7-2-3-8-15(14)19(20)24/h1-4,6-9H,5,10-12H2. The van der Waals surface area contributed by atoms with Crippen molar-refractivity contribution in [1.29, 1.82) is 0 Å². The molecule has 2 aromatic carbocycles. The lowest BCUT2D eigenvalue weighted by Gasteiger charge is -2.13. The van der Waals surface area contributed by atoms with E-state index in [1.165, 1.54) is 18.2 Å². The summed E-state index contributed by atoms with van der Waals surface area (Å²) >= 11 is 0. The molecule has 2 amide bonds. The van der Waals surface area contributed by atoms with Gasteiger partial charge >= 0.3 is 5.97 Å². The Balaban J connectivity index is 1.49. The van der Waals surface area contributed by atoms with Crippen molar-refractivity contribution < 1.29 is 24.0 Å². The van der Waals surface area contributed by atoms with Gasteiger partial charge in [-0.05, 0) is 24.6 Å². The van der Waals surface area contributed by atoms with Crippen LogP contribution in [0.15, 0.2) is 48.5 Å². The van der Waals surface area contributed by atoms with Gasteiger partial charge in [0, 0.05) is 19.0 Å². The van der Waals surface area contributed by atoms with E-state index < -0.39 is 10.9 Å². The molecule has 1 aliphatic heterocycles. The Morgan fingerprint density at radius 1 is 1.00 bits per heavy atom. The number of para-hydroxylation sites is 1. The number of ether oxygens (including phenoxy) is 1. The largest absolute Gasteiger partial charge is 0.461 e. The molecule has 1 aliphatic rings. The van der Waals surface area contributed by atoms with Gasteiger partial charge in [-0.2, -0.15) is 0 Å². The van der Waals surface area contributed by atoms with E-state index in [0.717, 1.165) is 4.90 Å². The molecule has 3 rings (SSSR count). The monoisotopic (exact) mass is 368 g/mol. The van der Waals surface area contributed by atoms with E-state index in [-0.39, 0.29) is 43.5 Å². The molecule has 8 heteroatoms. The zero-order chi connectivity index (χ0) is 19.4. The van der Waals surface area contributed by atoms with Gasteiger partial charge in [-0.1, -0.05) is 24.3 Å². The summed E-state index contributed by atoms with van der Waals surface area (Å²) in [4.78, 5) is 47.8. The van der Waals surface area contributed by atoms with E-state index in [9.17, 15) is 24.5 Å². The van der Waals surface area contributed by atoms with Crippen LogP contribution in [-0.4, -0.2) is 34.2 Å². The van der Waals surface area contributed by atoms with Crippen molar-refractivity contribution in [2.75, 3.05) is 6.54 Å². The van der Waals surface area contributed by atoms with Gasteiger partial charge in [0.25, 0.3) is 17.5 Å². The molecular weight excluding hydrogens is 352 g/mol. The second-order valence-corrected chi connectivity index (χ2v) is 5.96. The van der Waals surface area contributed by atoms with Gasteiger partial charge in [0.2, 0.25) is 0 Å². The predicted molar refractivity (Wildman–Crippen MR) is 93.9 cm³/mol. The fraction of sp³-hybridized carbons (Fsp3) is 0.211. The number of amides is 2. The number of nitro groups is 1. The van der Waals surface area contributed by atoms with Gasteiger partial charge in [0.1, 0.15) is 6.61 Å². The van der Waals surface area contributed by atoms with E-state index in [1.54, 1.807) is 30.3 Å². The highest BCUT2D eigenvalue weighted by molar-refractivity contribution is 6.21. The van der Waals surface area contributed by atoms with Crippen LogP contribution in [0.2, 0.25) is 0 Å². The molecule has 0 radical (unpaired) electrons. The summed E-state index contributed by atoms with van der Waals surface area (Å²) in [5, 5.41) is 10.9. The highest BCUT2D eigenvalue weighted by Crippen LogP contribution is 2.23. The predicted octanol–water partition coefficient (Wildman–Crippen LogP) is 2.71. The lowest BCUT2D eigenvalue weighted by atomic mass is 10.1. The van der Waals surface area contributed by atoms with Crippen molar-refractivity contribution in [3.63, 3.8) is 0 Å². The van der Waals surface area contributed by atoms with E-state index in [2.05, 4.69) is 0 Å². The minimum absolute atomic E-state index is 0.00592. The highest BCUT2D eigenvalue weighted by Gasteiger charge is 2.34. The van der Waals surface area contributed by atoms with Gasteiger partial charge in [-0.25, -0.2) is 0 Å². The average molecular weight is 368 g/mol. The zero-order valence-corrected chi connectivity index (χ0v) is 14.3. The summed E-state index contributed by atoms with van der Waals surface area (Å²) in [7, 11) is 0. The normalized spacial score (nSPS) is 12.8. The molecule has 2 aromatic rings. The number of imide groups is 1. The van der Waals surface area contributed by atoms with Crippen LogP contribution in [0.5, 0.6) is 0 Å². The van der Waals surface area contributed by atoms with E-state index >= 15 is 0 Å². The Kier molecular flexibility index (Phi) is 5.25. The summed E-state index contributed by atoms with van der Waals surface area (Å²) in [6, 6.07) is 12.6. The van der Waals surface area contributed by atoms with Gasteiger partial charge in [0.15, 0.2) is 0 Å². The lowest BCUT2D eigenvalue weighted by molar-refractivity contribution is -0.385. The smallest absolute Gasteiger partial charge is 0.306 e. The number of benzene rings is 2. The molecule has 0 aromatic heterocycles. The summed E-state index contributed by atoms with van der Waals surface area (Å²) in [6.45, 7) is -0.101. The van der Waals surface area contributed by atoms with Crippen LogP contribution in [0.25, 0.3) is 0 Å². The molecule has 0 unspecified atom stereocenters. The van der Waals surface area contributed by atoms with Crippen LogP contribution in [0.4, 0.5) is 5.69 Å². The van der Waals surface area contributed by atoms with Gasteiger partial charge in [-0.15, -0.1) is 0 Å². The molecule has 0 N–H and O–H groups in total. The summed E-state index contributed by atoms with van der Waals surface area (Å²) in [6.07, 6.45) is 0.245. The first-order chi connectivity index (χ1) is 13.0. The molecule has 0 aliphatic carbocycles. The first-order valence-electron chi connectivity index (χ1n) is 8.32. The third kappa shape index (κ3) is 3.84. The van der Waals surface area contributed by atoms with Crippen LogP contribution >= 0.6 is 0 Å². The number of carbonyl (C=O) groups excluding carboxylic acids is 3. The average Bonchev–Trinajstić information content (AvgIpc) is 2.91. The number of esters is 1. The van der Waals surface area contributed by atoms with Crippen LogP contribution in [0.1, 0.15) is 39.1 Å². The van der Waals surface area contributed by atoms with Gasteiger partial charge < -0.3 is 4.74 Å². The highest BCUT2D eigenvalue weighted by atomic mass is 16.6. The van der Waals surface area contributed by atoms with Crippen LogP contribution in [0.3, 0.4) is 0 Å². The van der Waals surface area contributed by atoms with E-state index in [0.29, 0.717) is 16.7 Å². The summed E-state index contributed by atoms with van der Waals surface area (Å²) in [5.41, 5.74) is 0.912. The van der Waals surface area contributed by atoms with Crippen LogP contribution in [-0.2, 0) is 16.1 Å². The molecule has 138 valence electrons. The van der Waals surface area contributed by atoms with Crippen molar-refractivity contribution in [2.45, 2.75) is 19.4 Å². The Hall–Kier alpha value is -3.55. The first-order valence-corrected chi connectivity index (χ1v) is 8.32. The number of nitro benzene ring substituents is 1. The second-order valence-electron chi connectivity index (χ2n) is 5.96. The summed E-state index contributed by atoms with van der Waals surface area (Å²) < 4.78 is 5.07. The third-order valence-electron chi connectivity index (χ3n) is 4.22. The van der Waals surface area contributed by atoms with Gasteiger partial charge in [0.05, 0.1) is 21.6 Å². The van der Waals surface area contributed by atoms with Crippen molar-refractivity contribution in [3.8, 4) is 0 Å². The van der Waals surface area contributed by atoms with E-state index in [4.69, 9.17) is 4.74 Å². The minimum atomic E-state index is -0.551. The number of hydrogen-bond donors (Lipinski definition) is 0. The topological polar surface area (TPSA) is 107 Å². The molecule has 0 bridgehead atoms. The molecule has 0 atom stereocenters. The lowest BCUT2D eigenvalue weighted by Crippen LogP contribution is -2.31. The SMILES string of the molecule is O=C(CCCN1C(=O)c2ccccc2C1=O)OCc1ccccc1[N+](=O)[O-]. The first kappa shape index (κ1) is 18.2. The number of carbonyl (C=O) groups is 3. The van der Waals surface area contributed by atoms with Crippen LogP contribution < -0.4 is 0 Å². The van der Waals surface area contributed by atoms with Crippen molar-refractivity contribution >= 4 is 23.5 Å². The zero-order valence-electron chi connectivity index (χ0n) is 14.3. The van der Waals surface area contributed by atoms with Gasteiger partial charge in [-0.3, -0.25) is 29.4 Å². The molecule has 1 heterocycles. The quantitative estimate of drug-likeness (QED) is 0.322. The molecule has 0 fully saturated rings. The van der Waals surface area contributed by atoms with Crippen LogP contribution in [0, 0.1) is 10.1 Å². The Labute approximate surface area is 154 Å². The molecule has 0 spiro atoms. The third-order valence-corrected chi connectivity index (χ3v) is 4.22. The molecule has 27 heavy (non-hydrogen) atoms. The second kappa shape index (κ2) is 7.77. The Bertz CT molecular complexity index is 889. The minimum Gasteiger partial charge on any atom is -0.461 e. The molecule has 0 saturated heterocycles. The Morgan fingerprint density at radius 2 is 1.59 bits per heavy atom. The van der Waals surface area contributed by atoms with Crippen molar-refractivity contribution in [1.82, 2.24) is 4.90 Å². The van der Waals surface area contributed by atoms with E-state index in [1.807, 2.05) is 0 Å². The van der Waals surface area contributed by atoms with Crippen molar-refractivity contribution in [3.05, 3.63) is 75.3 Å². The van der Waals surface area contributed by atoms with Crippen molar-refractivity contribution in [2.24, 2.45) is 0 Å². The number of rotatable bonds is 7. The number of hydrogen-bond acceptors (Lipinski definition) is 6.